The van der Waals surface area contributed by atoms with Crippen LogP contribution in [0.5, 0.6) is 0 Å². The van der Waals surface area contributed by atoms with E-state index in [1.54, 1.807) is 0 Å². The second kappa shape index (κ2) is 7.07. The first-order valence-corrected chi connectivity index (χ1v) is 12.2. The highest BCUT2D eigenvalue weighted by Gasteiger charge is 2.57. The third kappa shape index (κ3) is 3.08. The molecule has 0 spiro atoms. The van der Waals surface area contributed by atoms with Crippen LogP contribution in [-0.4, -0.2) is 0 Å². The van der Waals surface area contributed by atoms with Gasteiger partial charge in [0.1, 0.15) is 0 Å². The summed E-state index contributed by atoms with van der Waals surface area (Å²) in [4.78, 5) is 0. The molecular formula is C27H44. The number of allylic oxidation sites excluding steroid dienone is 4. The highest BCUT2D eigenvalue weighted by atomic mass is 14.6. The van der Waals surface area contributed by atoms with Gasteiger partial charge in [0.15, 0.2) is 0 Å². The van der Waals surface area contributed by atoms with Crippen molar-refractivity contribution in [3.8, 4) is 0 Å². The molecule has 4 aliphatic carbocycles. The molecule has 3 fully saturated rings. The van der Waals surface area contributed by atoms with E-state index in [1.807, 2.05) is 5.57 Å². The van der Waals surface area contributed by atoms with Crippen LogP contribution in [0.2, 0.25) is 0 Å². The molecule has 0 saturated heterocycles. The molecular weight excluding hydrogens is 324 g/mol. The average Bonchev–Trinajstić information content (AvgIpc) is 3.18. The first kappa shape index (κ1) is 19.8. The van der Waals surface area contributed by atoms with Crippen LogP contribution in [-0.2, 0) is 0 Å². The van der Waals surface area contributed by atoms with E-state index < -0.39 is 0 Å². The minimum absolute atomic E-state index is 0.551. The molecule has 152 valence electrons. The number of hydrogen-bond donors (Lipinski definition) is 0. The van der Waals surface area contributed by atoms with E-state index in [9.17, 15) is 0 Å². The smallest absolute Gasteiger partial charge is 0.0143 e. The summed E-state index contributed by atoms with van der Waals surface area (Å²) in [6.07, 6.45) is 19.6. The van der Waals surface area contributed by atoms with Gasteiger partial charge in [0, 0.05) is 0 Å². The van der Waals surface area contributed by atoms with Crippen molar-refractivity contribution >= 4 is 0 Å². The zero-order valence-electron chi connectivity index (χ0n) is 18.9. The Morgan fingerprint density at radius 1 is 0.889 bits per heavy atom. The van der Waals surface area contributed by atoms with E-state index in [0.29, 0.717) is 16.7 Å². The zero-order valence-corrected chi connectivity index (χ0v) is 18.9. The monoisotopic (exact) mass is 368 g/mol. The summed E-state index contributed by atoms with van der Waals surface area (Å²) >= 11 is 0. The maximum atomic E-state index is 2.76. The minimum Gasteiger partial charge on any atom is -0.0852 e. The molecule has 4 rings (SSSR count). The van der Waals surface area contributed by atoms with Crippen molar-refractivity contribution in [1.29, 1.82) is 0 Å². The number of rotatable bonds is 4. The summed E-state index contributed by atoms with van der Waals surface area (Å²) in [5, 5.41) is 0. The first-order chi connectivity index (χ1) is 12.8. The van der Waals surface area contributed by atoms with Gasteiger partial charge in [-0.1, -0.05) is 71.8 Å². The molecule has 3 saturated carbocycles. The molecule has 5 unspecified atom stereocenters. The molecule has 0 nitrogen and oxygen atoms in total. The van der Waals surface area contributed by atoms with Crippen molar-refractivity contribution in [3.05, 3.63) is 23.8 Å². The predicted molar refractivity (Wildman–Crippen MR) is 117 cm³/mol. The second-order valence-corrected chi connectivity index (χ2v) is 11.7. The van der Waals surface area contributed by atoms with Gasteiger partial charge in [0.05, 0.1) is 0 Å². The SMILES string of the molecule is CC(C)[C@@H](C)/C=C/[C@@H](C)C1CCC2C3=CCC4CCC[C@@]4(C)C3CCC21C. The summed E-state index contributed by atoms with van der Waals surface area (Å²) < 4.78 is 0. The highest BCUT2D eigenvalue weighted by Crippen LogP contribution is 2.67. The second-order valence-electron chi connectivity index (χ2n) is 11.7. The summed E-state index contributed by atoms with van der Waals surface area (Å²) in [7, 11) is 0. The van der Waals surface area contributed by atoms with Gasteiger partial charge in [-0.3, -0.25) is 0 Å². The van der Waals surface area contributed by atoms with Gasteiger partial charge >= 0.3 is 0 Å². The van der Waals surface area contributed by atoms with Crippen molar-refractivity contribution in [3.63, 3.8) is 0 Å². The van der Waals surface area contributed by atoms with Crippen LogP contribution in [0.3, 0.4) is 0 Å². The van der Waals surface area contributed by atoms with Crippen LogP contribution in [0, 0.1) is 52.3 Å². The van der Waals surface area contributed by atoms with E-state index in [-0.39, 0.29) is 0 Å². The molecule has 0 radical (unpaired) electrons. The molecule has 0 N–H and O–H groups in total. The molecule has 0 amide bonds. The van der Waals surface area contributed by atoms with Gasteiger partial charge < -0.3 is 0 Å². The van der Waals surface area contributed by atoms with E-state index in [2.05, 4.69) is 59.8 Å². The number of hydrogen-bond acceptors (Lipinski definition) is 0. The first-order valence-electron chi connectivity index (χ1n) is 12.2. The van der Waals surface area contributed by atoms with Gasteiger partial charge in [-0.15, -0.1) is 0 Å². The van der Waals surface area contributed by atoms with Crippen molar-refractivity contribution < 1.29 is 0 Å². The fourth-order valence-electron chi connectivity index (χ4n) is 7.99. The lowest BCUT2D eigenvalue weighted by Crippen LogP contribution is -2.45. The van der Waals surface area contributed by atoms with Crippen molar-refractivity contribution in [2.24, 2.45) is 52.3 Å². The van der Waals surface area contributed by atoms with E-state index in [0.717, 1.165) is 35.5 Å². The molecule has 0 aromatic heterocycles. The van der Waals surface area contributed by atoms with Gasteiger partial charge in [0.2, 0.25) is 0 Å². The molecule has 0 aromatic carbocycles. The summed E-state index contributed by atoms with van der Waals surface area (Å²) in [6, 6.07) is 0. The minimum atomic E-state index is 0.551. The van der Waals surface area contributed by atoms with Crippen LogP contribution in [0.15, 0.2) is 23.8 Å². The molecule has 0 bridgehead atoms. The molecule has 0 aliphatic heterocycles. The maximum Gasteiger partial charge on any atom is -0.0143 e. The molecule has 0 heterocycles. The van der Waals surface area contributed by atoms with Crippen LogP contribution in [0.25, 0.3) is 0 Å². The van der Waals surface area contributed by atoms with Gasteiger partial charge in [-0.25, -0.2) is 0 Å². The van der Waals surface area contributed by atoms with Crippen LogP contribution >= 0.6 is 0 Å². The Morgan fingerprint density at radius 2 is 1.63 bits per heavy atom. The normalized spacial score (nSPS) is 46.1. The topological polar surface area (TPSA) is 0 Å². The fraction of sp³-hybridized carbons (Fsp3) is 0.852. The molecule has 4 aliphatic rings. The Balaban J connectivity index is 1.54. The quantitative estimate of drug-likeness (QED) is 0.440. The third-order valence-corrected chi connectivity index (χ3v) is 10.2. The standard InChI is InChI=1S/C27H44/c1-18(2)19(3)9-10-20(4)23-13-14-24-22-12-11-21-8-7-16-26(21,5)25(22)15-17-27(23,24)6/h9-10,12,18-21,23-25H,7-8,11,13-17H2,1-6H3/b10-9+/t19-,20+,21?,23?,24?,25?,26+,27?/m0/s1. The summed E-state index contributed by atoms with van der Waals surface area (Å²) in [6.45, 7) is 14.9. The lowest BCUT2D eigenvalue weighted by molar-refractivity contribution is 0.0314. The highest BCUT2D eigenvalue weighted by molar-refractivity contribution is 5.28. The Labute approximate surface area is 169 Å². The van der Waals surface area contributed by atoms with Crippen LogP contribution < -0.4 is 0 Å². The average molecular weight is 369 g/mol. The molecule has 0 aromatic rings. The molecule has 0 heteroatoms. The Bertz CT molecular complexity index is 610. The summed E-state index contributed by atoms with van der Waals surface area (Å²) in [5.74, 6) is 5.87. The largest absolute Gasteiger partial charge is 0.0852 e. The van der Waals surface area contributed by atoms with Crippen molar-refractivity contribution in [1.82, 2.24) is 0 Å². The van der Waals surface area contributed by atoms with E-state index in [4.69, 9.17) is 0 Å². The Kier molecular flexibility index (Phi) is 5.18. The summed E-state index contributed by atoms with van der Waals surface area (Å²) in [5.41, 5.74) is 3.12. The molecule has 8 atom stereocenters. The third-order valence-electron chi connectivity index (χ3n) is 10.2. The zero-order chi connectivity index (χ0) is 19.4. The molecule has 27 heavy (non-hydrogen) atoms. The van der Waals surface area contributed by atoms with Gasteiger partial charge in [0.25, 0.3) is 0 Å². The Morgan fingerprint density at radius 3 is 2.37 bits per heavy atom. The van der Waals surface area contributed by atoms with Crippen molar-refractivity contribution in [2.75, 3.05) is 0 Å². The fourth-order valence-corrected chi connectivity index (χ4v) is 7.99. The number of fused-ring (bicyclic) bond motifs is 5. The van der Waals surface area contributed by atoms with Gasteiger partial charge in [-0.05, 0) is 97.2 Å². The van der Waals surface area contributed by atoms with E-state index in [1.165, 1.54) is 51.4 Å². The Hall–Kier alpha value is -0.520. The van der Waals surface area contributed by atoms with Crippen molar-refractivity contribution in [2.45, 2.75) is 92.9 Å². The lowest BCUT2D eigenvalue weighted by atomic mass is 9.51. The predicted octanol–water partition coefficient (Wildman–Crippen LogP) is 8.05. The van der Waals surface area contributed by atoms with Gasteiger partial charge in [-0.2, -0.15) is 0 Å². The van der Waals surface area contributed by atoms with Crippen LogP contribution in [0.1, 0.15) is 92.9 Å². The lowest BCUT2D eigenvalue weighted by Gasteiger charge is -2.54. The maximum absolute atomic E-state index is 2.76. The van der Waals surface area contributed by atoms with E-state index >= 15 is 0 Å². The van der Waals surface area contributed by atoms with Crippen LogP contribution in [0.4, 0.5) is 0 Å².